The third-order valence-electron chi connectivity index (χ3n) is 4.19. The Labute approximate surface area is 118 Å². The highest BCUT2D eigenvalue weighted by Gasteiger charge is 2.27. The van der Waals surface area contributed by atoms with Gasteiger partial charge in [-0.1, -0.05) is 13.8 Å². The van der Waals surface area contributed by atoms with Crippen molar-refractivity contribution in [3.8, 4) is 0 Å². The van der Waals surface area contributed by atoms with Gasteiger partial charge < -0.3 is 15.5 Å². The maximum Gasteiger partial charge on any atom is 0.191 e. The van der Waals surface area contributed by atoms with Gasteiger partial charge in [0.1, 0.15) is 0 Å². The summed E-state index contributed by atoms with van der Waals surface area (Å²) in [6.07, 6.45) is 5.17. The molecule has 19 heavy (non-hydrogen) atoms. The summed E-state index contributed by atoms with van der Waals surface area (Å²) in [7, 11) is 2.07. The highest BCUT2D eigenvalue weighted by Crippen LogP contribution is 2.25. The van der Waals surface area contributed by atoms with Gasteiger partial charge in [-0.05, 0) is 44.1 Å². The first-order valence-electron chi connectivity index (χ1n) is 7.81. The number of guanidine groups is 1. The van der Waals surface area contributed by atoms with Crippen LogP contribution in [-0.4, -0.2) is 55.0 Å². The van der Waals surface area contributed by atoms with Crippen molar-refractivity contribution in [2.45, 2.75) is 45.6 Å². The van der Waals surface area contributed by atoms with Crippen LogP contribution < -0.4 is 5.73 Å². The standard InChI is InChI=1S/C15H30N4/c1-12(2)10-19-8-4-5-13(11-19)9-17-15(16)18(3)14-6-7-14/h12-14H,4-11H2,1-3H3,(H2,16,17). The molecule has 1 aliphatic heterocycles. The second-order valence-corrected chi connectivity index (χ2v) is 6.70. The molecule has 1 saturated carbocycles. The molecule has 2 rings (SSSR count). The molecule has 2 N–H and O–H groups in total. The van der Waals surface area contributed by atoms with Crippen LogP contribution in [0.2, 0.25) is 0 Å². The molecule has 0 amide bonds. The Morgan fingerprint density at radius 1 is 1.37 bits per heavy atom. The fraction of sp³-hybridized carbons (Fsp3) is 0.933. The van der Waals surface area contributed by atoms with E-state index in [1.165, 1.54) is 45.3 Å². The molecule has 4 heteroatoms. The van der Waals surface area contributed by atoms with Gasteiger partial charge in [0.05, 0.1) is 0 Å². The van der Waals surface area contributed by atoms with Gasteiger partial charge in [0.25, 0.3) is 0 Å². The average molecular weight is 266 g/mol. The van der Waals surface area contributed by atoms with Crippen LogP contribution in [0.4, 0.5) is 0 Å². The Morgan fingerprint density at radius 3 is 2.74 bits per heavy atom. The zero-order valence-corrected chi connectivity index (χ0v) is 12.8. The minimum Gasteiger partial charge on any atom is -0.370 e. The SMILES string of the molecule is CC(C)CN1CCCC(CN=C(N)N(C)C2CC2)C1. The van der Waals surface area contributed by atoms with Gasteiger partial charge in [0, 0.05) is 32.7 Å². The van der Waals surface area contributed by atoms with Crippen molar-refractivity contribution in [3.05, 3.63) is 0 Å². The lowest BCUT2D eigenvalue weighted by molar-refractivity contribution is 0.162. The Kier molecular flexibility index (Phi) is 5.08. The molecular formula is C15H30N4. The van der Waals surface area contributed by atoms with Gasteiger partial charge in [-0.2, -0.15) is 0 Å². The van der Waals surface area contributed by atoms with E-state index >= 15 is 0 Å². The second-order valence-electron chi connectivity index (χ2n) is 6.70. The summed E-state index contributed by atoms with van der Waals surface area (Å²) in [6, 6.07) is 0.660. The first-order valence-corrected chi connectivity index (χ1v) is 7.81. The van der Waals surface area contributed by atoms with Crippen LogP contribution in [0.3, 0.4) is 0 Å². The maximum absolute atomic E-state index is 6.05. The first-order chi connectivity index (χ1) is 9.06. The minimum absolute atomic E-state index is 0.660. The van der Waals surface area contributed by atoms with Crippen LogP contribution in [0, 0.1) is 11.8 Å². The molecule has 4 nitrogen and oxygen atoms in total. The summed E-state index contributed by atoms with van der Waals surface area (Å²) < 4.78 is 0. The maximum atomic E-state index is 6.05. The van der Waals surface area contributed by atoms with E-state index in [9.17, 15) is 0 Å². The predicted molar refractivity (Wildman–Crippen MR) is 81.3 cm³/mol. The van der Waals surface area contributed by atoms with Crippen molar-refractivity contribution in [3.63, 3.8) is 0 Å². The normalized spacial score (nSPS) is 25.9. The molecule has 1 unspecified atom stereocenters. The Hall–Kier alpha value is -0.770. The minimum atomic E-state index is 0.660. The smallest absolute Gasteiger partial charge is 0.191 e. The molecule has 0 aromatic carbocycles. The van der Waals surface area contributed by atoms with Crippen molar-refractivity contribution in [1.29, 1.82) is 0 Å². The van der Waals surface area contributed by atoms with E-state index in [0.29, 0.717) is 12.0 Å². The molecule has 0 aromatic rings. The van der Waals surface area contributed by atoms with E-state index in [1.54, 1.807) is 0 Å². The summed E-state index contributed by atoms with van der Waals surface area (Å²) in [6.45, 7) is 9.17. The van der Waals surface area contributed by atoms with Crippen molar-refractivity contribution in [2.24, 2.45) is 22.6 Å². The highest BCUT2D eigenvalue weighted by atomic mass is 15.3. The van der Waals surface area contributed by atoms with Crippen molar-refractivity contribution >= 4 is 5.96 Å². The lowest BCUT2D eigenvalue weighted by Crippen LogP contribution is -2.40. The molecule has 1 atom stereocenters. The Balaban J connectivity index is 1.76. The summed E-state index contributed by atoms with van der Waals surface area (Å²) in [5.74, 6) is 2.19. The van der Waals surface area contributed by atoms with Crippen molar-refractivity contribution in [1.82, 2.24) is 9.80 Å². The third-order valence-corrected chi connectivity index (χ3v) is 4.19. The lowest BCUT2D eigenvalue weighted by Gasteiger charge is -2.33. The van der Waals surface area contributed by atoms with Crippen LogP contribution in [-0.2, 0) is 0 Å². The molecule has 1 aliphatic carbocycles. The van der Waals surface area contributed by atoms with E-state index in [1.807, 2.05) is 0 Å². The average Bonchev–Trinajstić information content (AvgIpc) is 3.19. The van der Waals surface area contributed by atoms with Crippen LogP contribution in [0.1, 0.15) is 39.5 Å². The molecule has 0 spiro atoms. The number of likely N-dealkylation sites (tertiary alicyclic amines) is 1. The molecule has 2 aliphatic rings. The third kappa shape index (κ3) is 4.68. The number of rotatable bonds is 5. The van der Waals surface area contributed by atoms with E-state index in [-0.39, 0.29) is 0 Å². The number of aliphatic imine (C=N–C) groups is 1. The number of nitrogens with zero attached hydrogens (tertiary/aromatic N) is 3. The molecule has 1 heterocycles. The summed E-state index contributed by atoms with van der Waals surface area (Å²) in [4.78, 5) is 9.36. The topological polar surface area (TPSA) is 44.9 Å². The van der Waals surface area contributed by atoms with Gasteiger partial charge in [-0.25, -0.2) is 0 Å². The number of piperidine rings is 1. The predicted octanol–water partition coefficient (Wildman–Crippen LogP) is 1.76. The monoisotopic (exact) mass is 266 g/mol. The van der Waals surface area contributed by atoms with Gasteiger partial charge >= 0.3 is 0 Å². The molecule has 0 radical (unpaired) electrons. The largest absolute Gasteiger partial charge is 0.370 e. The molecule has 2 fully saturated rings. The van der Waals surface area contributed by atoms with E-state index in [0.717, 1.165) is 18.4 Å². The Morgan fingerprint density at radius 2 is 2.11 bits per heavy atom. The van der Waals surface area contributed by atoms with E-state index in [2.05, 4.69) is 35.7 Å². The molecular weight excluding hydrogens is 236 g/mol. The highest BCUT2D eigenvalue weighted by molar-refractivity contribution is 5.78. The molecule has 0 bridgehead atoms. The fourth-order valence-corrected chi connectivity index (χ4v) is 2.97. The number of nitrogens with two attached hydrogens (primary N) is 1. The lowest BCUT2D eigenvalue weighted by atomic mass is 9.97. The van der Waals surface area contributed by atoms with Crippen LogP contribution in [0.15, 0.2) is 4.99 Å². The van der Waals surface area contributed by atoms with Gasteiger partial charge in [-0.15, -0.1) is 0 Å². The van der Waals surface area contributed by atoms with Crippen molar-refractivity contribution < 1.29 is 0 Å². The first kappa shape index (κ1) is 14.6. The van der Waals surface area contributed by atoms with Gasteiger partial charge in [0.2, 0.25) is 0 Å². The zero-order chi connectivity index (χ0) is 13.8. The molecule has 0 aromatic heterocycles. The zero-order valence-electron chi connectivity index (χ0n) is 12.8. The van der Waals surface area contributed by atoms with Crippen LogP contribution >= 0.6 is 0 Å². The summed E-state index contributed by atoms with van der Waals surface area (Å²) in [5, 5.41) is 0. The van der Waals surface area contributed by atoms with Crippen LogP contribution in [0.25, 0.3) is 0 Å². The van der Waals surface area contributed by atoms with E-state index in [4.69, 9.17) is 5.73 Å². The quantitative estimate of drug-likeness (QED) is 0.609. The van der Waals surface area contributed by atoms with Crippen molar-refractivity contribution in [2.75, 3.05) is 33.2 Å². The van der Waals surface area contributed by atoms with Crippen LogP contribution in [0.5, 0.6) is 0 Å². The summed E-state index contributed by atoms with van der Waals surface area (Å²) >= 11 is 0. The number of hydrogen-bond donors (Lipinski definition) is 1. The summed E-state index contributed by atoms with van der Waals surface area (Å²) in [5.41, 5.74) is 6.05. The fourth-order valence-electron chi connectivity index (χ4n) is 2.97. The second kappa shape index (κ2) is 6.60. The van der Waals surface area contributed by atoms with Gasteiger partial charge in [-0.3, -0.25) is 4.99 Å². The number of hydrogen-bond acceptors (Lipinski definition) is 2. The molecule has 1 saturated heterocycles. The van der Waals surface area contributed by atoms with Gasteiger partial charge in [0.15, 0.2) is 5.96 Å². The molecule has 110 valence electrons. The van der Waals surface area contributed by atoms with E-state index < -0.39 is 0 Å². The Bertz CT molecular complexity index is 309.